The Hall–Kier alpha value is -0.0400. The molecule has 12 heavy (non-hydrogen) atoms. The van der Waals surface area contributed by atoms with E-state index in [1.165, 1.54) is 45.1 Å². The molecule has 70 valence electrons. The largest absolute Gasteiger partial charge is 0.314 e. The molecule has 0 bridgehead atoms. The summed E-state index contributed by atoms with van der Waals surface area (Å²) in [5, 5.41) is 3.71. The Balaban J connectivity index is 1.96. The van der Waals surface area contributed by atoms with Gasteiger partial charge in [-0.3, -0.25) is 0 Å². The maximum absolute atomic E-state index is 3.71. The molecule has 0 radical (unpaired) electrons. The molecule has 1 saturated heterocycles. The molecule has 0 aromatic heterocycles. The molecule has 1 aliphatic heterocycles. The molecule has 1 heteroatoms. The first-order valence-electron chi connectivity index (χ1n) is 5.59. The number of hydrogen-bond acceptors (Lipinski definition) is 1. The van der Waals surface area contributed by atoms with Crippen molar-refractivity contribution < 1.29 is 0 Å². The van der Waals surface area contributed by atoms with Crippen molar-refractivity contribution in [2.24, 2.45) is 11.8 Å². The minimum absolute atomic E-state index is 0.878. The van der Waals surface area contributed by atoms with Gasteiger partial charge in [0.1, 0.15) is 0 Å². The zero-order chi connectivity index (χ0) is 8.39. The average Bonchev–Trinajstić information content (AvgIpc) is 2.25. The van der Waals surface area contributed by atoms with Crippen molar-refractivity contribution in [2.45, 2.75) is 51.5 Å². The second-order valence-electron chi connectivity index (χ2n) is 4.73. The van der Waals surface area contributed by atoms with Crippen LogP contribution in [0.3, 0.4) is 0 Å². The van der Waals surface area contributed by atoms with Crippen LogP contribution in [-0.2, 0) is 0 Å². The summed E-state index contributed by atoms with van der Waals surface area (Å²) < 4.78 is 0. The molecule has 0 spiro atoms. The fourth-order valence-electron chi connectivity index (χ4n) is 2.91. The van der Waals surface area contributed by atoms with E-state index in [-0.39, 0.29) is 0 Å². The predicted octanol–water partition coefficient (Wildman–Crippen LogP) is 2.56. The lowest BCUT2D eigenvalue weighted by Crippen LogP contribution is -2.37. The maximum Gasteiger partial charge on any atom is 0.00954 e. The van der Waals surface area contributed by atoms with Crippen LogP contribution in [0.5, 0.6) is 0 Å². The van der Waals surface area contributed by atoms with E-state index in [2.05, 4.69) is 12.2 Å². The third-order valence-corrected chi connectivity index (χ3v) is 3.66. The Morgan fingerprint density at radius 1 is 1.08 bits per heavy atom. The van der Waals surface area contributed by atoms with Crippen molar-refractivity contribution in [1.82, 2.24) is 5.32 Å². The summed E-state index contributed by atoms with van der Waals surface area (Å²) in [5.74, 6) is 1.97. The van der Waals surface area contributed by atoms with E-state index in [4.69, 9.17) is 0 Å². The summed E-state index contributed by atoms with van der Waals surface area (Å²) in [7, 11) is 0. The van der Waals surface area contributed by atoms with Crippen LogP contribution in [0.1, 0.15) is 45.4 Å². The Morgan fingerprint density at radius 3 is 2.83 bits per heavy atom. The maximum atomic E-state index is 3.71. The lowest BCUT2D eigenvalue weighted by Gasteiger charge is -2.30. The van der Waals surface area contributed by atoms with E-state index >= 15 is 0 Å². The molecule has 0 amide bonds. The van der Waals surface area contributed by atoms with Crippen molar-refractivity contribution in [2.75, 3.05) is 6.54 Å². The lowest BCUT2D eigenvalue weighted by atomic mass is 9.80. The monoisotopic (exact) mass is 167 g/mol. The summed E-state index contributed by atoms with van der Waals surface area (Å²) in [5.41, 5.74) is 0. The predicted molar refractivity (Wildman–Crippen MR) is 52.1 cm³/mol. The first-order valence-corrected chi connectivity index (χ1v) is 5.59. The van der Waals surface area contributed by atoms with E-state index in [0.29, 0.717) is 0 Å². The summed E-state index contributed by atoms with van der Waals surface area (Å²) in [4.78, 5) is 0. The van der Waals surface area contributed by atoms with Crippen LogP contribution in [-0.4, -0.2) is 12.6 Å². The van der Waals surface area contributed by atoms with Gasteiger partial charge < -0.3 is 5.32 Å². The van der Waals surface area contributed by atoms with Crippen LogP contribution in [0.4, 0.5) is 0 Å². The first kappa shape index (κ1) is 8.55. The van der Waals surface area contributed by atoms with E-state index in [1.807, 2.05) is 0 Å². The Morgan fingerprint density at radius 2 is 1.92 bits per heavy atom. The van der Waals surface area contributed by atoms with Crippen LogP contribution in [0.25, 0.3) is 0 Å². The van der Waals surface area contributed by atoms with Crippen LogP contribution in [0.2, 0.25) is 0 Å². The fraction of sp³-hybridized carbons (Fsp3) is 1.00. The number of fused-ring (bicyclic) bond motifs is 1. The molecule has 2 rings (SSSR count). The van der Waals surface area contributed by atoms with E-state index in [9.17, 15) is 0 Å². The van der Waals surface area contributed by atoms with Gasteiger partial charge in [0.25, 0.3) is 0 Å². The van der Waals surface area contributed by atoms with Crippen molar-refractivity contribution in [3.05, 3.63) is 0 Å². The Bertz CT molecular complexity index is 144. The molecule has 3 atom stereocenters. The van der Waals surface area contributed by atoms with Gasteiger partial charge >= 0.3 is 0 Å². The quantitative estimate of drug-likeness (QED) is 0.584. The zero-order valence-electron chi connectivity index (χ0n) is 8.18. The molecule has 2 aliphatic rings. The minimum Gasteiger partial charge on any atom is -0.314 e. The second-order valence-corrected chi connectivity index (χ2v) is 4.73. The number of nitrogens with one attached hydrogen (secondary N) is 1. The molecule has 2 fully saturated rings. The van der Waals surface area contributed by atoms with Crippen LogP contribution in [0, 0.1) is 11.8 Å². The van der Waals surface area contributed by atoms with Gasteiger partial charge in [-0.25, -0.2) is 0 Å². The summed E-state index contributed by atoms with van der Waals surface area (Å²) in [6.45, 7) is 3.68. The summed E-state index contributed by atoms with van der Waals surface area (Å²) in [6, 6.07) is 0.878. The zero-order valence-corrected chi connectivity index (χ0v) is 8.18. The van der Waals surface area contributed by atoms with Crippen molar-refractivity contribution >= 4 is 0 Å². The molecule has 1 saturated carbocycles. The molecule has 1 aliphatic carbocycles. The molecule has 1 heterocycles. The Labute approximate surface area is 75.9 Å². The van der Waals surface area contributed by atoms with E-state index < -0.39 is 0 Å². The van der Waals surface area contributed by atoms with Gasteiger partial charge in [-0.2, -0.15) is 0 Å². The number of hydrogen-bond donors (Lipinski definition) is 1. The third-order valence-electron chi connectivity index (χ3n) is 3.66. The minimum atomic E-state index is 0.878. The van der Waals surface area contributed by atoms with Crippen molar-refractivity contribution in [3.8, 4) is 0 Å². The molecule has 3 unspecified atom stereocenters. The van der Waals surface area contributed by atoms with Gasteiger partial charge in [0.05, 0.1) is 0 Å². The van der Waals surface area contributed by atoms with Crippen molar-refractivity contribution in [1.29, 1.82) is 0 Å². The number of rotatable bonds is 0. The summed E-state index contributed by atoms with van der Waals surface area (Å²) >= 11 is 0. The highest BCUT2D eigenvalue weighted by Crippen LogP contribution is 2.32. The molecule has 0 aromatic carbocycles. The average molecular weight is 167 g/mol. The normalized spacial score (nSPS) is 43.2. The van der Waals surface area contributed by atoms with Gasteiger partial charge in [-0.05, 0) is 44.1 Å². The van der Waals surface area contributed by atoms with Gasteiger partial charge in [0.2, 0.25) is 0 Å². The first-order chi connectivity index (χ1) is 5.86. The van der Waals surface area contributed by atoms with Crippen LogP contribution in [0.15, 0.2) is 0 Å². The summed E-state index contributed by atoms with van der Waals surface area (Å²) in [6.07, 6.45) is 8.75. The molecule has 1 N–H and O–H groups in total. The van der Waals surface area contributed by atoms with Gasteiger partial charge in [-0.15, -0.1) is 0 Å². The molecule has 1 nitrogen and oxygen atoms in total. The second kappa shape index (κ2) is 3.78. The van der Waals surface area contributed by atoms with Crippen LogP contribution >= 0.6 is 0 Å². The van der Waals surface area contributed by atoms with Gasteiger partial charge in [0.15, 0.2) is 0 Å². The van der Waals surface area contributed by atoms with Crippen molar-refractivity contribution in [3.63, 3.8) is 0 Å². The highest BCUT2D eigenvalue weighted by atomic mass is 14.9. The smallest absolute Gasteiger partial charge is 0.00954 e. The molecular weight excluding hydrogens is 146 g/mol. The molecular formula is C11H21N. The highest BCUT2D eigenvalue weighted by molar-refractivity contribution is 4.84. The topological polar surface area (TPSA) is 12.0 Å². The van der Waals surface area contributed by atoms with E-state index in [0.717, 1.165) is 17.9 Å². The van der Waals surface area contributed by atoms with Gasteiger partial charge in [0, 0.05) is 6.04 Å². The fourth-order valence-corrected chi connectivity index (χ4v) is 2.91. The standard InChI is InChI=1S/C11H21N/c1-9-6-7-12-11-5-3-2-4-10(11)8-9/h9-12H,2-8H2,1H3. The Kier molecular flexibility index (Phi) is 2.69. The lowest BCUT2D eigenvalue weighted by molar-refractivity contribution is 0.253. The molecule has 0 aromatic rings. The van der Waals surface area contributed by atoms with Crippen LogP contribution < -0.4 is 5.32 Å². The van der Waals surface area contributed by atoms with E-state index in [1.54, 1.807) is 0 Å². The third kappa shape index (κ3) is 1.82. The van der Waals surface area contributed by atoms with Gasteiger partial charge in [-0.1, -0.05) is 19.8 Å². The highest BCUT2D eigenvalue weighted by Gasteiger charge is 2.28. The SMILES string of the molecule is CC1CCNC2CCCCC2C1.